The summed E-state index contributed by atoms with van der Waals surface area (Å²) in [5.74, 6) is 0. The highest BCUT2D eigenvalue weighted by Gasteiger charge is 2.11. The molecular weight excluding hydrogens is 224 g/mol. The van der Waals surface area contributed by atoms with Crippen molar-refractivity contribution in [3.8, 4) is 0 Å². The topological polar surface area (TPSA) is 38.5 Å². The molecule has 3 nitrogen and oxygen atoms in total. The Morgan fingerprint density at radius 2 is 2.00 bits per heavy atom. The number of aryl methyl sites for hydroxylation is 2. The van der Waals surface area contributed by atoms with E-state index in [-0.39, 0.29) is 6.04 Å². The van der Waals surface area contributed by atoms with E-state index in [1.165, 1.54) is 16.7 Å². The molecule has 0 aliphatic heterocycles. The Balaban J connectivity index is 2.62. The number of nitrogens with two attached hydrogens (primary N) is 1. The molecule has 3 heteroatoms. The minimum absolute atomic E-state index is 0.0705. The maximum absolute atomic E-state index is 6.28. The van der Waals surface area contributed by atoms with Crippen molar-refractivity contribution in [3.05, 3.63) is 34.9 Å². The van der Waals surface area contributed by atoms with Gasteiger partial charge in [0.05, 0.1) is 6.61 Å². The predicted molar refractivity (Wildman–Crippen MR) is 76.8 cm³/mol. The summed E-state index contributed by atoms with van der Waals surface area (Å²) in [4.78, 5) is 2.32. The van der Waals surface area contributed by atoms with E-state index >= 15 is 0 Å². The van der Waals surface area contributed by atoms with E-state index in [4.69, 9.17) is 10.5 Å². The van der Waals surface area contributed by atoms with Crippen molar-refractivity contribution in [1.82, 2.24) is 4.90 Å². The number of ether oxygens (including phenoxy) is 1. The van der Waals surface area contributed by atoms with Crippen LogP contribution in [0.1, 0.15) is 29.7 Å². The molecule has 0 heterocycles. The van der Waals surface area contributed by atoms with Crippen LogP contribution in [0.3, 0.4) is 0 Å². The Morgan fingerprint density at radius 1 is 1.28 bits per heavy atom. The first-order chi connectivity index (χ1) is 8.58. The molecule has 0 aliphatic rings. The number of hydrogen-bond donors (Lipinski definition) is 1. The van der Waals surface area contributed by atoms with Crippen LogP contribution in [-0.2, 0) is 4.74 Å². The number of rotatable bonds is 7. The summed E-state index contributed by atoms with van der Waals surface area (Å²) in [6, 6.07) is 6.55. The fourth-order valence-electron chi connectivity index (χ4n) is 1.98. The number of benzene rings is 1. The summed E-state index contributed by atoms with van der Waals surface area (Å²) in [5, 5.41) is 0. The monoisotopic (exact) mass is 250 g/mol. The average Bonchev–Trinajstić information content (AvgIpc) is 2.37. The van der Waals surface area contributed by atoms with Crippen molar-refractivity contribution in [1.29, 1.82) is 0 Å². The van der Waals surface area contributed by atoms with Crippen LogP contribution in [0.2, 0.25) is 0 Å². The van der Waals surface area contributed by atoms with Gasteiger partial charge in [0, 0.05) is 26.2 Å². The molecule has 0 spiro atoms. The average molecular weight is 250 g/mol. The largest absolute Gasteiger partial charge is 0.383 e. The molecule has 1 aromatic rings. The maximum atomic E-state index is 6.28. The van der Waals surface area contributed by atoms with Crippen LogP contribution in [0.5, 0.6) is 0 Å². The third-order valence-corrected chi connectivity index (χ3v) is 3.47. The molecule has 1 unspecified atom stereocenters. The highest BCUT2D eigenvalue weighted by Crippen LogP contribution is 2.16. The van der Waals surface area contributed by atoms with Gasteiger partial charge in [0.15, 0.2) is 0 Å². The molecule has 0 bridgehead atoms. The highest BCUT2D eigenvalue weighted by atomic mass is 16.5. The van der Waals surface area contributed by atoms with Gasteiger partial charge < -0.3 is 10.5 Å². The molecule has 0 aliphatic carbocycles. The Labute approximate surface area is 111 Å². The van der Waals surface area contributed by atoms with Crippen molar-refractivity contribution in [3.63, 3.8) is 0 Å². The lowest BCUT2D eigenvalue weighted by Gasteiger charge is -2.24. The molecule has 18 heavy (non-hydrogen) atoms. The second-order valence-corrected chi connectivity index (χ2v) is 4.84. The molecule has 0 aromatic heterocycles. The smallest absolute Gasteiger partial charge is 0.0589 e. The third-order valence-electron chi connectivity index (χ3n) is 3.47. The summed E-state index contributed by atoms with van der Waals surface area (Å²) in [7, 11) is 1.73. The van der Waals surface area contributed by atoms with Gasteiger partial charge in [-0.3, -0.25) is 4.90 Å². The van der Waals surface area contributed by atoms with E-state index < -0.39 is 0 Å². The SMILES string of the molecule is CCN(CCOC)CC(N)c1ccc(C)c(C)c1. The summed E-state index contributed by atoms with van der Waals surface area (Å²) < 4.78 is 5.11. The van der Waals surface area contributed by atoms with Crippen molar-refractivity contribution >= 4 is 0 Å². The first-order valence-electron chi connectivity index (χ1n) is 6.62. The van der Waals surface area contributed by atoms with Crippen molar-refractivity contribution < 1.29 is 4.74 Å². The van der Waals surface area contributed by atoms with Crippen LogP contribution in [0.25, 0.3) is 0 Å². The zero-order valence-corrected chi connectivity index (χ0v) is 12.1. The predicted octanol–water partition coefficient (Wildman–Crippen LogP) is 2.27. The molecule has 2 N–H and O–H groups in total. The van der Waals surface area contributed by atoms with Crippen LogP contribution in [0, 0.1) is 13.8 Å². The van der Waals surface area contributed by atoms with E-state index in [9.17, 15) is 0 Å². The number of nitrogens with zero attached hydrogens (tertiary/aromatic N) is 1. The summed E-state index contributed by atoms with van der Waals surface area (Å²) >= 11 is 0. The van der Waals surface area contributed by atoms with Gasteiger partial charge in [0.1, 0.15) is 0 Å². The second kappa shape index (κ2) is 7.52. The van der Waals surface area contributed by atoms with Crippen LogP contribution in [0.4, 0.5) is 0 Å². The number of likely N-dealkylation sites (N-methyl/N-ethyl adjacent to an activating group) is 1. The van der Waals surface area contributed by atoms with Gasteiger partial charge in [-0.15, -0.1) is 0 Å². The first kappa shape index (κ1) is 15.2. The standard InChI is InChI=1S/C15H26N2O/c1-5-17(8-9-18-4)11-15(16)14-7-6-12(2)13(3)10-14/h6-7,10,15H,5,8-9,11,16H2,1-4H3. The molecule has 102 valence electrons. The summed E-state index contributed by atoms with van der Waals surface area (Å²) in [6.07, 6.45) is 0. The number of methoxy groups -OCH3 is 1. The third kappa shape index (κ3) is 4.41. The Morgan fingerprint density at radius 3 is 2.56 bits per heavy atom. The summed E-state index contributed by atoms with van der Waals surface area (Å²) in [6.45, 7) is 9.99. The van der Waals surface area contributed by atoms with Gasteiger partial charge in [0.2, 0.25) is 0 Å². The molecular formula is C15H26N2O. The Hall–Kier alpha value is -0.900. The van der Waals surface area contributed by atoms with Crippen molar-refractivity contribution in [2.24, 2.45) is 5.73 Å². The van der Waals surface area contributed by atoms with Crippen molar-refractivity contribution in [2.45, 2.75) is 26.8 Å². The zero-order valence-electron chi connectivity index (χ0n) is 12.1. The molecule has 0 saturated heterocycles. The van der Waals surface area contributed by atoms with Crippen LogP contribution in [-0.4, -0.2) is 38.3 Å². The zero-order chi connectivity index (χ0) is 13.5. The van der Waals surface area contributed by atoms with E-state index in [1.54, 1.807) is 7.11 Å². The van der Waals surface area contributed by atoms with Gasteiger partial charge >= 0.3 is 0 Å². The van der Waals surface area contributed by atoms with E-state index in [0.717, 1.165) is 26.2 Å². The highest BCUT2D eigenvalue weighted by molar-refractivity contribution is 5.31. The minimum Gasteiger partial charge on any atom is -0.383 e. The van der Waals surface area contributed by atoms with Gasteiger partial charge in [-0.05, 0) is 37.1 Å². The lowest BCUT2D eigenvalue weighted by atomic mass is 10.0. The van der Waals surface area contributed by atoms with Crippen LogP contribution in [0.15, 0.2) is 18.2 Å². The van der Waals surface area contributed by atoms with Gasteiger partial charge in [-0.25, -0.2) is 0 Å². The van der Waals surface area contributed by atoms with Gasteiger partial charge in [0.25, 0.3) is 0 Å². The lowest BCUT2D eigenvalue weighted by Crippen LogP contribution is -2.34. The van der Waals surface area contributed by atoms with Crippen molar-refractivity contribution in [2.75, 3.05) is 33.4 Å². The fraction of sp³-hybridized carbons (Fsp3) is 0.600. The molecule has 1 rings (SSSR count). The molecule has 1 atom stereocenters. The quantitative estimate of drug-likeness (QED) is 0.807. The first-order valence-corrected chi connectivity index (χ1v) is 6.62. The van der Waals surface area contributed by atoms with E-state index in [0.29, 0.717) is 0 Å². The fourth-order valence-corrected chi connectivity index (χ4v) is 1.98. The normalized spacial score (nSPS) is 13.0. The second-order valence-electron chi connectivity index (χ2n) is 4.84. The van der Waals surface area contributed by atoms with Crippen LogP contribution >= 0.6 is 0 Å². The van der Waals surface area contributed by atoms with Crippen LogP contribution < -0.4 is 5.73 Å². The molecule has 0 radical (unpaired) electrons. The van der Waals surface area contributed by atoms with Gasteiger partial charge in [-0.2, -0.15) is 0 Å². The lowest BCUT2D eigenvalue weighted by molar-refractivity contribution is 0.147. The molecule has 0 amide bonds. The molecule has 1 aromatic carbocycles. The summed E-state index contributed by atoms with van der Waals surface area (Å²) in [5.41, 5.74) is 10.1. The maximum Gasteiger partial charge on any atom is 0.0589 e. The Bertz CT molecular complexity index is 366. The van der Waals surface area contributed by atoms with E-state index in [1.807, 2.05) is 0 Å². The van der Waals surface area contributed by atoms with E-state index in [2.05, 4.69) is 43.9 Å². The minimum atomic E-state index is 0.0705. The molecule has 0 saturated carbocycles. The number of hydrogen-bond acceptors (Lipinski definition) is 3. The molecule has 0 fully saturated rings. The van der Waals surface area contributed by atoms with Gasteiger partial charge in [-0.1, -0.05) is 25.1 Å². The Kier molecular flexibility index (Phi) is 6.33.